The number of carbonyl (C=O) groups is 2. The lowest BCUT2D eigenvalue weighted by Gasteiger charge is -2.16. The molecular formula is C21H16NO5S2-. The van der Waals surface area contributed by atoms with Crippen LogP contribution < -0.4 is 19.5 Å². The van der Waals surface area contributed by atoms with E-state index in [4.69, 9.17) is 21.7 Å². The van der Waals surface area contributed by atoms with Gasteiger partial charge in [0.2, 0.25) is 0 Å². The first-order chi connectivity index (χ1) is 14.0. The van der Waals surface area contributed by atoms with Crippen LogP contribution in [0.5, 0.6) is 11.5 Å². The summed E-state index contributed by atoms with van der Waals surface area (Å²) >= 11 is 6.47. The molecule has 0 atom stereocenters. The number of ether oxygens (including phenoxy) is 2. The number of hydrogen-bond donors (Lipinski definition) is 0. The molecular weight excluding hydrogens is 410 g/mol. The number of thiocarbonyl (C=S) groups is 1. The second-order valence-corrected chi connectivity index (χ2v) is 7.51. The van der Waals surface area contributed by atoms with Crippen LogP contribution in [0.3, 0.4) is 0 Å². The summed E-state index contributed by atoms with van der Waals surface area (Å²) in [5.41, 5.74) is 0.981. The van der Waals surface area contributed by atoms with E-state index < -0.39 is 5.97 Å². The number of benzene rings is 2. The number of rotatable bonds is 7. The van der Waals surface area contributed by atoms with E-state index in [1.165, 1.54) is 30.2 Å². The quantitative estimate of drug-likeness (QED) is 0.383. The minimum absolute atomic E-state index is 0.0339. The van der Waals surface area contributed by atoms with Crippen molar-refractivity contribution in [3.63, 3.8) is 0 Å². The lowest BCUT2D eigenvalue weighted by atomic mass is 10.1. The van der Waals surface area contributed by atoms with Crippen molar-refractivity contribution in [1.29, 1.82) is 0 Å². The van der Waals surface area contributed by atoms with E-state index in [9.17, 15) is 14.7 Å². The molecule has 6 nitrogen and oxygen atoms in total. The highest BCUT2D eigenvalue weighted by Crippen LogP contribution is 2.39. The van der Waals surface area contributed by atoms with E-state index in [2.05, 4.69) is 6.58 Å². The van der Waals surface area contributed by atoms with E-state index >= 15 is 0 Å². The molecule has 1 aliphatic heterocycles. The summed E-state index contributed by atoms with van der Waals surface area (Å²) in [6, 6.07) is 11.2. The van der Waals surface area contributed by atoms with Gasteiger partial charge in [0.25, 0.3) is 5.91 Å². The van der Waals surface area contributed by atoms with Crippen molar-refractivity contribution in [2.75, 3.05) is 18.6 Å². The molecule has 0 spiro atoms. The van der Waals surface area contributed by atoms with Crippen molar-refractivity contribution in [2.45, 2.75) is 0 Å². The van der Waals surface area contributed by atoms with Crippen LogP contribution in [0.2, 0.25) is 0 Å². The second-order valence-electron chi connectivity index (χ2n) is 5.83. The van der Waals surface area contributed by atoms with Crippen LogP contribution in [0.15, 0.2) is 60.0 Å². The van der Waals surface area contributed by atoms with Crippen LogP contribution in [-0.2, 0) is 4.79 Å². The minimum Gasteiger partial charge on any atom is -0.545 e. The van der Waals surface area contributed by atoms with Crippen molar-refractivity contribution in [1.82, 2.24) is 0 Å². The predicted octanol–water partition coefficient (Wildman–Crippen LogP) is 3.03. The summed E-state index contributed by atoms with van der Waals surface area (Å²) in [6.45, 7) is 3.92. The number of aromatic carboxylic acids is 1. The molecule has 0 saturated carbocycles. The van der Waals surface area contributed by atoms with Gasteiger partial charge in [0.1, 0.15) is 6.61 Å². The number of anilines is 1. The number of amides is 1. The van der Waals surface area contributed by atoms with Crippen molar-refractivity contribution in [3.05, 3.63) is 71.2 Å². The third kappa shape index (κ3) is 4.33. The average molecular weight is 426 g/mol. The number of nitrogens with zero attached hydrogens (tertiary/aromatic N) is 1. The van der Waals surface area contributed by atoms with Crippen LogP contribution in [-0.4, -0.2) is 29.9 Å². The molecule has 148 valence electrons. The Bertz CT molecular complexity index is 1030. The lowest BCUT2D eigenvalue weighted by molar-refractivity contribution is -0.255. The molecule has 8 heteroatoms. The minimum atomic E-state index is -1.33. The highest BCUT2D eigenvalue weighted by atomic mass is 32.2. The molecule has 1 saturated heterocycles. The smallest absolute Gasteiger partial charge is 0.270 e. The molecule has 2 aromatic rings. The molecule has 0 N–H and O–H groups in total. The Morgan fingerprint density at radius 2 is 2.07 bits per heavy atom. The first-order valence-electron chi connectivity index (χ1n) is 8.46. The first kappa shape index (κ1) is 20.6. The van der Waals surface area contributed by atoms with Crippen LogP contribution in [0.1, 0.15) is 15.9 Å². The summed E-state index contributed by atoms with van der Waals surface area (Å²) in [5, 5.41) is 11.1. The molecule has 0 aliphatic carbocycles. The zero-order chi connectivity index (χ0) is 21.0. The van der Waals surface area contributed by atoms with E-state index in [1.54, 1.807) is 36.4 Å². The molecule has 1 fully saturated rings. The molecule has 2 aromatic carbocycles. The van der Waals surface area contributed by atoms with Gasteiger partial charge in [0.15, 0.2) is 15.8 Å². The first-order valence-corrected chi connectivity index (χ1v) is 9.68. The fourth-order valence-electron chi connectivity index (χ4n) is 2.71. The molecule has 0 unspecified atom stereocenters. The molecule has 0 bridgehead atoms. The van der Waals surface area contributed by atoms with E-state index in [-0.39, 0.29) is 18.1 Å². The van der Waals surface area contributed by atoms with Gasteiger partial charge in [-0.2, -0.15) is 0 Å². The van der Waals surface area contributed by atoms with Crippen LogP contribution >= 0.6 is 24.0 Å². The number of para-hydroxylation sites is 1. The molecule has 1 amide bonds. The molecule has 0 radical (unpaired) electrons. The Morgan fingerprint density at radius 1 is 1.31 bits per heavy atom. The van der Waals surface area contributed by atoms with Crippen molar-refractivity contribution in [2.24, 2.45) is 0 Å². The van der Waals surface area contributed by atoms with Crippen molar-refractivity contribution >= 4 is 51.9 Å². The van der Waals surface area contributed by atoms with Crippen molar-refractivity contribution in [3.8, 4) is 11.5 Å². The Morgan fingerprint density at radius 3 is 2.76 bits per heavy atom. The Balaban J connectivity index is 1.98. The van der Waals surface area contributed by atoms with Gasteiger partial charge in [-0.05, 0) is 29.8 Å². The number of carboxylic acids is 1. The van der Waals surface area contributed by atoms with Crippen molar-refractivity contribution < 1.29 is 24.2 Å². The maximum Gasteiger partial charge on any atom is 0.270 e. The average Bonchev–Trinajstić information content (AvgIpc) is 2.99. The number of thioether (sulfide) groups is 1. The fraction of sp³-hybridized carbons (Fsp3) is 0.0952. The third-order valence-electron chi connectivity index (χ3n) is 4.00. The highest BCUT2D eigenvalue weighted by molar-refractivity contribution is 8.27. The maximum absolute atomic E-state index is 13.0. The van der Waals surface area contributed by atoms with Gasteiger partial charge in [0, 0.05) is 5.56 Å². The summed E-state index contributed by atoms with van der Waals surface area (Å²) < 4.78 is 11.4. The van der Waals surface area contributed by atoms with E-state index in [0.29, 0.717) is 32.0 Å². The number of carbonyl (C=O) groups excluding carboxylic acids is 2. The van der Waals surface area contributed by atoms with E-state index in [1.807, 2.05) is 0 Å². The van der Waals surface area contributed by atoms with Crippen LogP contribution in [0.25, 0.3) is 6.08 Å². The van der Waals surface area contributed by atoms with Gasteiger partial charge < -0.3 is 19.4 Å². The van der Waals surface area contributed by atoms with Crippen LogP contribution in [0, 0.1) is 0 Å². The zero-order valence-corrected chi connectivity index (χ0v) is 17.0. The van der Waals surface area contributed by atoms with Gasteiger partial charge in [-0.1, -0.05) is 60.9 Å². The standard InChI is InChI=1S/C21H17NO5S2/c1-3-10-27-18-13(6-5-9-16(18)26-2)12-17-19(23)22(21(28)29-17)15-8-4-7-14(11-15)20(24)25/h3-9,11-12H,1,10H2,2H3,(H,24,25)/p-1/b17-12+. The monoisotopic (exact) mass is 426 g/mol. The zero-order valence-electron chi connectivity index (χ0n) is 15.4. The molecule has 29 heavy (non-hydrogen) atoms. The predicted molar refractivity (Wildman–Crippen MR) is 115 cm³/mol. The number of methoxy groups -OCH3 is 1. The largest absolute Gasteiger partial charge is 0.545 e. The normalized spacial score (nSPS) is 14.9. The second kappa shape index (κ2) is 8.93. The Labute approximate surface area is 177 Å². The van der Waals surface area contributed by atoms with Gasteiger partial charge >= 0.3 is 0 Å². The fourth-order valence-corrected chi connectivity index (χ4v) is 4.00. The summed E-state index contributed by atoms with van der Waals surface area (Å²) in [4.78, 5) is 25.8. The third-order valence-corrected chi connectivity index (χ3v) is 5.30. The lowest BCUT2D eigenvalue weighted by Crippen LogP contribution is -2.28. The Hall–Kier alpha value is -3.10. The molecule has 1 heterocycles. The topological polar surface area (TPSA) is 78.9 Å². The van der Waals surface area contributed by atoms with Crippen LogP contribution in [0.4, 0.5) is 5.69 Å². The van der Waals surface area contributed by atoms with Gasteiger partial charge in [-0.15, -0.1) is 0 Å². The SMILES string of the molecule is C=CCOc1c(/C=C2/SC(=S)N(c3cccc(C(=O)[O-])c3)C2=O)cccc1OC. The van der Waals surface area contributed by atoms with Gasteiger partial charge in [0.05, 0.1) is 23.7 Å². The number of hydrogen-bond acceptors (Lipinski definition) is 7. The maximum atomic E-state index is 13.0. The summed E-state index contributed by atoms with van der Waals surface area (Å²) in [7, 11) is 1.53. The summed E-state index contributed by atoms with van der Waals surface area (Å²) in [6.07, 6.45) is 3.28. The molecule has 1 aliphatic rings. The van der Waals surface area contributed by atoms with Gasteiger partial charge in [-0.3, -0.25) is 9.69 Å². The summed E-state index contributed by atoms with van der Waals surface area (Å²) in [5.74, 6) is -0.668. The molecule has 3 rings (SSSR count). The van der Waals surface area contributed by atoms with E-state index in [0.717, 1.165) is 11.8 Å². The van der Waals surface area contributed by atoms with Gasteiger partial charge in [-0.25, -0.2) is 0 Å². The highest BCUT2D eigenvalue weighted by Gasteiger charge is 2.33. The Kier molecular flexibility index (Phi) is 6.36. The number of carboxylic acid groups (broad SMARTS) is 1. The molecule has 0 aromatic heterocycles.